The van der Waals surface area contributed by atoms with Gasteiger partial charge in [-0.25, -0.2) is 8.42 Å². The van der Waals surface area contributed by atoms with Crippen molar-refractivity contribution in [3.63, 3.8) is 0 Å². The fourth-order valence-corrected chi connectivity index (χ4v) is 3.48. The molecule has 140 valence electrons. The summed E-state index contributed by atoms with van der Waals surface area (Å²) in [4.78, 5) is 12.3. The normalized spacial score (nSPS) is 11.2. The molecule has 26 heavy (non-hydrogen) atoms. The van der Waals surface area contributed by atoms with Crippen LogP contribution in [-0.4, -0.2) is 27.5 Å². The number of sulfonamides is 1. The molecule has 0 spiro atoms. The van der Waals surface area contributed by atoms with Gasteiger partial charge in [0.2, 0.25) is 0 Å². The highest BCUT2D eigenvalue weighted by Crippen LogP contribution is 2.19. The van der Waals surface area contributed by atoms with E-state index in [0.717, 1.165) is 12.8 Å². The highest BCUT2D eigenvalue weighted by atomic mass is 32.2. The van der Waals surface area contributed by atoms with Crippen molar-refractivity contribution >= 4 is 21.6 Å². The van der Waals surface area contributed by atoms with E-state index in [1.165, 1.54) is 19.2 Å². The summed E-state index contributed by atoms with van der Waals surface area (Å²) in [6.45, 7) is 4.04. The van der Waals surface area contributed by atoms with Crippen LogP contribution in [0.1, 0.15) is 37.0 Å². The smallest absolute Gasteiger partial charge is 0.261 e. The van der Waals surface area contributed by atoms with Crippen LogP contribution in [0.15, 0.2) is 53.4 Å². The molecule has 0 heterocycles. The first-order chi connectivity index (χ1) is 12.4. The summed E-state index contributed by atoms with van der Waals surface area (Å²) in [6.07, 6.45) is 1.73. The Morgan fingerprint density at radius 1 is 1.00 bits per heavy atom. The number of anilines is 1. The van der Waals surface area contributed by atoms with Gasteiger partial charge >= 0.3 is 0 Å². The average molecular weight is 376 g/mol. The SMILES string of the molecule is CCC(CC)NC(=O)c1ccc(NS(=O)(=O)c2ccc(OC)cc2)cc1. The highest BCUT2D eigenvalue weighted by Gasteiger charge is 2.15. The number of rotatable bonds is 8. The summed E-state index contributed by atoms with van der Waals surface area (Å²) in [6, 6.07) is 12.6. The van der Waals surface area contributed by atoms with E-state index in [0.29, 0.717) is 17.0 Å². The Balaban J connectivity index is 2.09. The van der Waals surface area contributed by atoms with Crippen LogP contribution in [0.5, 0.6) is 5.75 Å². The molecule has 2 aromatic rings. The number of methoxy groups -OCH3 is 1. The standard InChI is InChI=1S/C19H24N2O4S/c1-4-15(5-2)20-19(22)14-6-8-16(9-7-14)21-26(23,24)18-12-10-17(25-3)11-13-18/h6-13,15,21H,4-5H2,1-3H3,(H,20,22). The van der Waals surface area contributed by atoms with Crippen LogP contribution >= 0.6 is 0 Å². The van der Waals surface area contributed by atoms with Crippen LogP contribution in [0, 0.1) is 0 Å². The third-order valence-electron chi connectivity index (χ3n) is 4.09. The largest absolute Gasteiger partial charge is 0.497 e. The number of carbonyl (C=O) groups excluding carboxylic acids is 1. The van der Waals surface area contributed by atoms with Crippen molar-refractivity contribution < 1.29 is 17.9 Å². The number of ether oxygens (including phenoxy) is 1. The van der Waals surface area contributed by atoms with Crippen LogP contribution in [0.3, 0.4) is 0 Å². The van der Waals surface area contributed by atoms with Crippen LogP contribution in [0.4, 0.5) is 5.69 Å². The van der Waals surface area contributed by atoms with Crippen molar-refractivity contribution in [3.8, 4) is 5.75 Å². The minimum Gasteiger partial charge on any atom is -0.497 e. The first-order valence-corrected chi connectivity index (χ1v) is 9.95. The second kappa shape index (κ2) is 8.71. The monoisotopic (exact) mass is 376 g/mol. The maximum atomic E-state index is 12.4. The van der Waals surface area contributed by atoms with Crippen LogP contribution in [0.25, 0.3) is 0 Å². The van der Waals surface area contributed by atoms with Crippen molar-refractivity contribution in [2.24, 2.45) is 0 Å². The molecule has 0 aliphatic carbocycles. The maximum Gasteiger partial charge on any atom is 0.261 e. The molecule has 0 radical (unpaired) electrons. The molecule has 0 aliphatic rings. The molecular weight excluding hydrogens is 352 g/mol. The summed E-state index contributed by atoms with van der Waals surface area (Å²) in [5.74, 6) is 0.417. The first-order valence-electron chi connectivity index (χ1n) is 8.47. The average Bonchev–Trinajstić information content (AvgIpc) is 2.66. The number of amides is 1. The van der Waals surface area contributed by atoms with E-state index in [2.05, 4.69) is 10.0 Å². The van der Waals surface area contributed by atoms with Crippen LogP contribution in [-0.2, 0) is 10.0 Å². The van der Waals surface area contributed by atoms with Gasteiger partial charge in [0.25, 0.3) is 15.9 Å². The summed E-state index contributed by atoms with van der Waals surface area (Å²) < 4.78 is 32.4. The third kappa shape index (κ3) is 4.98. The van der Waals surface area contributed by atoms with Gasteiger partial charge in [0.1, 0.15) is 5.75 Å². The van der Waals surface area contributed by atoms with Gasteiger partial charge in [-0.15, -0.1) is 0 Å². The molecule has 0 bridgehead atoms. The van der Waals surface area contributed by atoms with Crippen molar-refractivity contribution in [2.45, 2.75) is 37.6 Å². The quantitative estimate of drug-likeness (QED) is 0.739. The number of nitrogens with one attached hydrogen (secondary N) is 2. The minimum atomic E-state index is -3.70. The van der Waals surface area contributed by atoms with Crippen LogP contribution < -0.4 is 14.8 Å². The molecule has 0 atom stereocenters. The summed E-state index contributed by atoms with van der Waals surface area (Å²) in [7, 11) is -2.19. The molecule has 0 fully saturated rings. The molecule has 2 rings (SSSR count). The summed E-state index contributed by atoms with van der Waals surface area (Å²) >= 11 is 0. The molecule has 0 saturated heterocycles. The van der Waals surface area contributed by atoms with E-state index < -0.39 is 10.0 Å². The predicted octanol–water partition coefficient (Wildman–Crippen LogP) is 3.41. The molecule has 2 N–H and O–H groups in total. The van der Waals surface area contributed by atoms with E-state index >= 15 is 0 Å². The second-order valence-electron chi connectivity index (χ2n) is 5.85. The number of hydrogen-bond donors (Lipinski definition) is 2. The zero-order chi connectivity index (χ0) is 19.2. The third-order valence-corrected chi connectivity index (χ3v) is 5.49. The Morgan fingerprint density at radius 3 is 2.08 bits per heavy atom. The van der Waals surface area contributed by atoms with Crippen molar-refractivity contribution in [1.29, 1.82) is 0 Å². The highest BCUT2D eigenvalue weighted by molar-refractivity contribution is 7.92. The molecule has 0 unspecified atom stereocenters. The van der Waals surface area contributed by atoms with Crippen molar-refractivity contribution in [2.75, 3.05) is 11.8 Å². The zero-order valence-electron chi connectivity index (χ0n) is 15.2. The Hall–Kier alpha value is -2.54. The molecular formula is C19H24N2O4S. The number of benzene rings is 2. The maximum absolute atomic E-state index is 12.4. The zero-order valence-corrected chi connectivity index (χ0v) is 16.0. The fraction of sp³-hybridized carbons (Fsp3) is 0.316. The van der Waals surface area contributed by atoms with Crippen molar-refractivity contribution in [1.82, 2.24) is 5.32 Å². The van der Waals surface area contributed by atoms with Gasteiger partial charge < -0.3 is 10.1 Å². The minimum absolute atomic E-state index is 0.133. The molecule has 0 saturated carbocycles. The molecule has 2 aromatic carbocycles. The van der Waals surface area contributed by atoms with Gasteiger partial charge in [-0.05, 0) is 61.4 Å². The Labute approximate surface area is 154 Å². The van der Waals surface area contributed by atoms with E-state index in [1.807, 2.05) is 13.8 Å². The Kier molecular flexibility index (Phi) is 6.63. The molecule has 7 heteroatoms. The number of hydrogen-bond acceptors (Lipinski definition) is 4. The van der Waals surface area contributed by atoms with Crippen molar-refractivity contribution in [3.05, 3.63) is 54.1 Å². The number of carbonyl (C=O) groups is 1. The van der Waals surface area contributed by atoms with E-state index in [9.17, 15) is 13.2 Å². The van der Waals surface area contributed by atoms with Crippen LogP contribution in [0.2, 0.25) is 0 Å². The van der Waals surface area contributed by atoms with Gasteiger partial charge in [-0.1, -0.05) is 13.8 Å². The van der Waals surface area contributed by atoms with Gasteiger partial charge in [0, 0.05) is 17.3 Å². The fourth-order valence-electron chi connectivity index (χ4n) is 2.42. The van der Waals surface area contributed by atoms with Gasteiger partial charge in [-0.2, -0.15) is 0 Å². The second-order valence-corrected chi connectivity index (χ2v) is 7.53. The topological polar surface area (TPSA) is 84.5 Å². The lowest BCUT2D eigenvalue weighted by Gasteiger charge is -2.15. The summed E-state index contributed by atoms with van der Waals surface area (Å²) in [5.41, 5.74) is 0.879. The lowest BCUT2D eigenvalue weighted by Crippen LogP contribution is -2.33. The molecule has 6 nitrogen and oxygen atoms in total. The predicted molar refractivity (Wildman–Crippen MR) is 102 cm³/mol. The van der Waals surface area contributed by atoms with E-state index in [1.54, 1.807) is 36.4 Å². The Bertz CT molecular complexity index is 827. The first kappa shape index (κ1) is 19.8. The Morgan fingerprint density at radius 2 is 1.58 bits per heavy atom. The lowest BCUT2D eigenvalue weighted by molar-refractivity contribution is 0.0935. The lowest BCUT2D eigenvalue weighted by atomic mass is 10.1. The summed E-state index contributed by atoms with van der Waals surface area (Å²) in [5, 5.41) is 2.95. The van der Waals surface area contributed by atoms with Gasteiger partial charge in [0.05, 0.1) is 12.0 Å². The van der Waals surface area contributed by atoms with E-state index in [4.69, 9.17) is 4.74 Å². The molecule has 0 aromatic heterocycles. The molecule has 0 aliphatic heterocycles. The van der Waals surface area contributed by atoms with Gasteiger partial charge in [0.15, 0.2) is 0 Å². The van der Waals surface area contributed by atoms with E-state index in [-0.39, 0.29) is 16.8 Å². The molecule has 1 amide bonds. The van der Waals surface area contributed by atoms with Gasteiger partial charge in [-0.3, -0.25) is 9.52 Å².